The van der Waals surface area contributed by atoms with Crippen LogP contribution in [-0.4, -0.2) is 25.2 Å². The van der Waals surface area contributed by atoms with Crippen molar-refractivity contribution in [2.75, 3.05) is 11.4 Å². The van der Waals surface area contributed by atoms with Gasteiger partial charge >= 0.3 is 5.69 Å². The summed E-state index contributed by atoms with van der Waals surface area (Å²) in [7, 11) is 1.70. The van der Waals surface area contributed by atoms with Crippen LogP contribution in [0.25, 0.3) is 21.9 Å². The second kappa shape index (κ2) is 7.98. The quantitative estimate of drug-likeness (QED) is 0.400. The molecule has 0 N–H and O–H groups in total. The van der Waals surface area contributed by atoms with Gasteiger partial charge in [0.05, 0.1) is 6.54 Å². The number of fused-ring (bicyclic) bond motifs is 4. The third-order valence-electron chi connectivity index (χ3n) is 7.23. The third-order valence-corrected chi connectivity index (χ3v) is 7.23. The zero-order valence-corrected chi connectivity index (χ0v) is 20.2. The molecule has 0 fully saturated rings. The van der Waals surface area contributed by atoms with Gasteiger partial charge in [-0.05, 0) is 59.9 Å². The summed E-state index contributed by atoms with van der Waals surface area (Å²) in [6, 6.07) is 20.4. The second-order valence-corrected chi connectivity index (χ2v) is 9.38. The highest BCUT2D eigenvalue weighted by atomic mass is 16.2. The van der Waals surface area contributed by atoms with Gasteiger partial charge in [-0.3, -0.25) is 13.9 Å². The molecule has 6 rings (SSSR count). The Labute approximate surface area is 202 Å². The number of hydrogen-bond acceptors (Lipinski definition) is 4. The lowest BCUT2D eigenvalue weighted by atomic mass is 10.0. The third kappa shape index (κ3) is 3.30. The van der Waals surface area contributed by atoms with Crippen LogP contribution in [0.1, 0.15) is 23.1 Å². The summed E-state index contributed by atoms with van der Waals surface area (Å²) in [4.78, 5) is 34.1. The van der Waals surface area contributed by atoms with Crippen LogP contribution in [0.3, 0.4) is 0 Å². The van der Waals surface area contributed by atoms with Crippen LogP contribution in [0.15, 0.2) is 70.3 Å². The van der Waals surface area contributed by atoms with Gasteiger partial charge in [0, 0.05) is 25.8 Å². The summed E-state index contributed by atoms with van der Waals surface area (Å²) in [6.07, 6.45) is 0.886. The van der Waals surface area contributed by atoms with E-state index in [9.17, 15) is 9.59 Å². The standard InChI is InChI=1S/C28H27N5O2/c1-18-12-13-22(16-19(18)2)31-14-7-15-32-24-25(29-27(31)32)30(3)28(35)33(26(24)34)17-21-10-6-9-20-8-4-5-11-23(20)21/h4-6,8-13,16H,7,14-15,17H2,1-3H3. The zero-order valence-electron chi connectivity index (χ0n) is 20.2. The Kier molecular flexibility index (Phi) is 4.88. The summed E-state index contributed by atoms with van der Waals surface area (Å²) >= 11 is 0. The van der Waals surface area contributed by atoms with E-state index in [0.717, 1.165) is 35.0 Å². The predicted octanol–water partition coefficient (Wildman–Crippen LogP) is 4.26. The highest BCUT2D eigenvalue weighted by molar-refractivity contribution is 5.85. The van der Waals surface area contributed by atoms with Crippen LogP contribution in [0, 0.1) is 13.8 Å². The molecule has 7 heteroatoms. The van der Waals surface area contributed by atoms with Gasteiger partial charge < -0.3 is 9.47 Å². The molecule has 0 amide bonds. The lowest BCUT2D eigenvalue weighted by Gasteiger charge is -2.29. The molecular weight excluding hydrogens is 438 g/mol. The van der Waals surface area contributed by atoms with E-state index in [-0.39, 0.29) is 17.8 Å². The van der Waals surface area contributed by atoms with Gasteiger partial charge in [0.2, 0.25) is 5.95 Å². The van der Waals surface area contributed by atoms with Crippen molar-refractivity contribution < 1.29 is 0 Å². The lowest BCUT2D eigenvalue weighted by molar-refractivity contribution is 0.597. The SMILES string of the molecule is Cc1ccc(N2CCCn3c2nc2c3c(=O)n(Cc3cccc4ccccc34)c(=O)n2C)cc1C. The number of aromatic nitrogens is 4. The molecule has 2 aromatic heterocycles. The zero-order chi connectivity index (χ0) is 24.3. The van der Waals surface area contributed by atoms with Crippen molar-refractivity contribution in [2.24, 2.45) is 7.05 Å². The molecule has 0 saturated carbocycles. The number of imidazole rings is 1. The smallest absolute Gasteiger partial charge is 0.312 e. The lowest BCUT2D eigenvalue weighted by Crippen LogP contribution is -2.40. The molecule has 176 valence electrons. The fourth-order valence-corrected chi connectivity index (χ4v) is 5.14. The Bertz CT molecular complexity index is 1740. The van der Waals surface area contributed by atoms with E-state index in [4.69, 9.17) is 4.98 Å². The minimum Gasteiger partial charge on any atom is -0.312 e. The van der Waals surface area contributed by atoms with Gasteiger partial charge in [0.1, 0.15) is 0 Å². The average Bonchev–Trinajstić information content (AvgIpc) is 3.27. The van der Waals surface area contributed by atoms with Gasteiger partial charge in [-0.15, -0.1) is 0 Å². The Morgan fingerprint density at radius 2 is 1.71 bits per heavy atom. The molecule has 0 radical (unpaired) electrons. The molecular formula is C28H27N5O2. The molecule has 0 unspecified atom stereocenters. The number of aryl methyl sites for hydroxylation is 4. The number of benzene rings is 3. The summed E-state index contributed by atoms with van der Waals surface area (Å²) < 4.78 is 4.83. The average molecular weight is 466 g/mol. The van der Waals surface area contributed by atoms with Gasteiger partial charge in [-0.1, -0.05) is 48.5 Å². The van der Waals surface area contributed by atoms with Crippen molar-refractivity contribution in [1.29, 1.82) is 0 Å². The van der Waals surface area contributed by atoms with Crippen LogP contribution in [-0.2, 0) is 20.1 Å². The fraction of sp³-hybridized carbons (Fsp3) is 0.250. The van der Waals surface area contributed by atoms with E-state index >= 15 is 0 Å². The van der Waals surface area contributed by atoms with Crippen LogP contribution in [0.5, 0.6) is 0 Å². The monoisotopic (exact) mass is 465 g/mol. The van der Waals surface area contributed by atoms with Crippen LogP contribution in [0.4, 0.5) is 11.6 Å². The first-order valence-electron chi connectivity index (χ1n) is 12.0. The Morgan fingerprint density at radius 1 is 0.914 bits per heavy atom. The molecule has 0 spiro atoms. The maximum Gasteiger partial charge on any atom is 0.332 e. The largest absolute Gasteiger partial charge is 0.332 e. The van der Waals surface area contributed by atoms with Crippen LogP contribution in [0.2, 0.25) is 0 Å². The van der Waals surface area contributed by atoms with Crippen molar-refractivity contribution in [2.45, 2.75) is 33.4 Å². The van der Waals surface area contributed by atoms with Crippen molar-refractivity contribution >= 4 is 33.6 Å². The first-order chi connectivity index (χ1) is 16.9. The highest BCUT2D eigenvalue weighted by Gasteiger charge is 2.27. The highest BCUT2D eigenvalue weighted by Crippen LogP contribution is 2.32. The number of anilines is 2. The number of hydrogen-bond donors (Lipinski definition) is 0. The number of rotatable bonds is 3. The predicted molar refractivity (Wildman–Crippen MR) is 140 cm³/mol. The molecule has 0 atom stereocenters. The second-order valence-electron chi connectivity index (χ2n) is 9.38. The van der Waals surface area contributed by atoms with E-state index < -0.39 is 0 Å². The van der Waals surface area contributed by atoms with Crippen molar-refractivity contribution in [3.63, 3.8) is 0 Å². The molecule has 5 aromatic rings. The Hall–Kier alpha value is -4.13. The molecule has 3 aromatic carbocycles. The molecule has 7 nitrogen and oxygen atoms in total. The maximum atomic E-state index is 13.8. The molecule has 1 aliphatic heterocycles. The Morgan fingerprint density at radius 3 is 2.54 bits per heavy atom. The summed E-state index contributed by atoms with van der Waals surface area (Å²) in [6.45, 7) is 5.91. The number of nitrogens with zero attached hydrogens (tertiary/aromatic N) is 5. The van der Waals surface area contributed by atoms with E-state index in [1.807, 2.05) is 47.0 Å². The van der Waals surface area contributed by atoms with E-state index in [2.05, 4.69) is 36.9 Å². The Balaban J connectivity index is 1.54. The molecule has 3 heterocycles. The minimum absolute atomic E-state index is 0.212. The van der Waals surface area contributed by atoms with E-state index in [1.54, 1.807) is 7.05 Å². The first kappa shape index (κ1) is 21.4. The van der Waals surface area contributed by atoms with Gasteiger partial charge in [0.15, 0.2) is 11.2 Å². The van der Waals surface area contributed by atoms with Gasteiger partial charge in [-0.25, -0.2) is 4.79 Å². The van der Waals surface area contributed by atoms with Crippen LogP contribution >= 0.6 is 0 Å². The van der Waals surface area contributed by atoms with Crippen molar-refractivity contribution in [3.05, 3.63) is 98.2 Å². The summed E-state index contributed by atoms with van der Waals surface area (Å²) in [5.74, 6) is 0.713. The van der Waals surface area contributed by atoms with Crippen LogP contribution < -0.4 is 16.1 Å². The molecule has 1 aliphatic rings. The van der Waals surface area contributed by atoms with E-state index in [0.29, 0.717) is 23.7 Å². The molecule has 0 aliphatic carbocycles. The molecule has 35 heavy (non-hydrogen) atoms. The summed E-state index contributed by atoms with van der Waals surface area (Å²) in [5, 5.41) is 2.13. The van der Waals surface area contributed by atoms with Gasteiger partial charge in [0.25, 0.3) is 5.56 Å². The molecule has 0 bridgehead atoms. The first-order valence-corrected chi connectivity index (χ1v) is 12.0. The topological polar surface area (TPSA) is 65.1 Å². The molecule has 0 saturated heterocycles. The van der Waals surface area contributed by atoms with Crippen molar-refractivity contribution in [3.8, 4) is 0 Å². The van der Waals surface area contributed by atoms with Gasteiger partial charge in [-0.2, -0.15) is 4.98 Å². The van der Waals surface area contributed by atoms with E-state index in [1.165, 1.54) is 20.3 Å². The minimum atomic E-state index is -0.358. The fourth-order valence-electron chi connectivity index (χ4n) is 5.14. The van der Waals surface area contributed by atoms with Crippen molar-refractivity contribution in [1.82, 2.24) is 18.7 Å². The normalized spacial score (nSPS) is 13.5. The summed E-state index contributed by atoms with van der Waals surface area (Å²) in [5.41, 5.74) is 4.69. The maximum absolute atomic E-state index is 13.8.